The second kappa shape index (κ2) is 9.79. The minimum absolute atomic E-state index is 0.215. The van der Waals surface area contributed by atoms with Crippen LogP contribution < -0.4 is 10.6 Å². The van der Waals surface area contributed by atoms with Crippen molar-refractivity contribution < 1.29 is 19.1 Å². The first-order valence-electron chi connectivity index (χ1n) is 7.50. The van der Waals surface area contributed by atoms with Gasteiger partial charge in [-0.3, -0.25) is 14.9 Å². The molecule has 2 N–H and O–H groups in total. The summed E-state index contributed by atoms with van der Waals surface area (Å²) in [7, 11) is 0. The molecule has 0 saturated carbocycles. The Hall–Kier alpha value is -3.14. The highest BCUT2D eigenvalue weighted by atomic mass is 16.5. The molecule has 1 aromatic carbocycles. The summed E-state index contributed by atoms with van der Waals surface area (Å²) >= 11 is 0. The van der Waals surface area contributed by atoms with E-state index < -0.39 is 17.8 Å². The van der Waals surface area contributed by atoms with E-state index in [1.807, 2.05) is 6.92 Å². The number of rotatable bonds is 7. The molecule has 0 aliphatic heterocycles. The van der Waals surface area contributed by atoms with Crippen molar-refractivity contribution in [2.45, 2.75) is 26.7 Å². The molecule has 7 nitrogen and oxygen atoms in total. The van der Waals surface area contributed by atoms with E-state index in [1.54, 1.807) is 37.3 Å². The van der Waals surface area contributed by atoms with Crippen molar-refractivity contribution in [3.8, 4) is 6.07 Å². The van der Waals surface area contributed by atoms with Crippen LogP contribution in [0.25, 0.3) is 0 Å². The SMILES string of the molecule is CCCC(=O)NC(=O)/C(C#N)=C/Nc1ccc(C(=O)OCC)cc1. The predicted molar refractivity (Wildman–Crippen MR) is 87.8 cm³/mol. The van der Waals surface area contributed by atoms with Crippen LogP contribution in [0.15, 0.2) is 36.0 Å². The maximum atomic E-state index is 11.8. The molecule has 7 heteroatoms. The highest BCUT2D eigenvalue weighted by Crippen LogP contribution is 2.11. The first kappa shape index (κ1) is 18.9. The van der Waals surface area contributed by atoms with Gasteiger partial charge in [-0.15, -0.1) is 0 Å². The third kappa shape index (κ3) is 5.93. The Bertz CT molecular complexity index is 672. The standard InChI is InChI=1S/C17H19N3O4/c1-3-5-15(21)20-16(22)13(10-18)11-19-14-8-6-12(7-9-14)17(23)24-4-2/h6-9,11,19H,3-5H2,1-2H3,(H,20,21,22)/b13-11+. The van der Waals surface area contributed by atoms with Crippen LogP contribution in [0.3, 0.4) is 0 Å². The molecular weight excluding hydrogens is 310 g/mol. The summed E-state index contributed by atoms with van der Waals surface area (Å²) in [5, 5.41) is 13.9. The molecule has 0 fully saturated rings. The van der Waals surface area contributed by atoms with Gasteiger partial charge in [0, 0.05) is 18.3 Å². The van der Waals surface area contributed by atoms with Crippen molar-refractivity contribution in [3.63, 3.8) is 0 Å². The zero-order valence-electron chi connectivity index (χ0n) is 13.6. The number of hydrogen-bond donors (Lipinski definition) is 2. The topological polar surface area (TPSA) is 108 Å². The lowest BCUT2D eigenvalue weighted by molar-refractivity contribution is -0.128. The van der Waals surface area contributed by atoms with Gasteiger partial charge in [0.05, 0.1) is 12.2 Å². The molecular formula is C17H19N3O4. The van der Waals surface area contributed by atoms with E-state index in [9.17, 15) is 14.4 Å². The molecule has 0 bridgehead atoms. The number of benzene rings is 1. The molecule has 0 atom stereocenters. The lowest BCUT2D eigenvalue weighted by Gasteiger charge is -2.05. The Morgan fingerprint density at radius 3 is 2.42 bits per heavy atom. The maximum Gasteiger partial charge on any atom is 0.338 e. The second-order valence-corrected chi connectivity index (χ2v) is 4.74. The van der Waals surface area contributed by atoms with Crippen molar-refractivity contribution in [1.82, 2.24) is 5.32 Å². The molecule has 0 radical (unpaired) electrons. The fourth-order valence-electron chi connectivity index (χ4n) is 1.70. The monoisotopic (exact) mass is 329 g/mol. The minimum atomic E-state index is -0.758. The van der Waals surface area contributed by atoms with Gasteiger partial charge in [-0.25, -0.2) is 4.79 Å². The molecule has 0 unspecified atom stereocenters. The number of carbonyl (C=O) groups excluding carboxylic acids is 3. The Morgan fingerprint density at radius 1 is 1.21 bits per heavy atom. The number of carbonyl (C=O) groups is 3. The van der Waals surface area contributed by atoms with Gasteiger partial charge in [0.2, 0.25) is 5.91 Å². The Labute approximate surface area is 140 Å². The lowest BCUT2D eigenvalue weighted by atomic mass is 10.2. The van der Waals surface area contributed by atoms with E-state index in [-0.39, 0.29) is 12.0 Å². The molecule has 0 spiro atoms. The third-order valence-electron chi connectivity index (χ3n) is 2.87. The van der Waals surface area contributed by atoms with Crippen LogP contribution in [0, 0.1) is 11.3 Å². The molecule has 24 heavy (non-hydrogen) atoms. The van der Waals surface area contributed by atoms with Crippen LogP contribution in [-0.2, 0) is 14.3 Å². The average molecular weight is 329 g/mol. The zero-order valence-corrected chi connectivity index (χ0v) is 13.6. The number of hydrogen-bond acceptors (Lipinski definition) is 6. The quantitative estimate of drug-likeness (QED) is 0.451. The lowest BCUT2D eigenvalue weighted by Crippen LogP contribution is -2.31. The molecule has 0 heterocycles. The number of ether oxygens (including phenoxy) is 1. The molecule has 0 aliphatic rings. The minimum Gasteiger partial charge on any atom is -0.462 e. The molecule has 0 aromatic heterocycles. The summed E-state index contributed by atoms with van der Waals surface area (Å²) in [5.74, 6) is -1.61. The van der Waals surface area contributed by atoms with Crippen molar-refractivity contribution in [2.75, 3.05) is 11.9 Å². The summed E-state index contributed by atoms with van der Waals surface area (Å²) in [6.07, 6.45) is 2.02. The highest BCUT2D eigenvalue weighted by molar-refractivity contribution is 6.06. The van der Waals surface area contributed by atoms with Gasteiger partial charge < -0.3 is 10.1 Å². The molecule has 2 amide bonds. The molecule has 126 valence electrons. The summed E-state index contributed by atoms with van der Waals surface area (Å²) in [5.41, 5.74) is 0.743. The van der Waals surface area contributed by atoms with Crippen LogP contribution >= 0.6 is 0 Å². The zero-order chi connectivity index (χ0) is 17.9. The Kier molecular flexibility index (Phi) is 7.71. The van der Waals surface area contributed by atoms with Crippen LogP contribution in [-0.4, -0.2) is 24.4 Å². The smallest absolute Gasteiger partial charge is 0.338 e. The van der Waals surface area contributed by atoms with E-state index in [0.29, 0.717) is 24.3 Å². The average Bonchev–Trinajstić information content (AvgIpc) is 2.56. The van der Waals surface area contributed by atoms with Crippen molar-refractivity contribution >= 4 is 23.5 Å². The van der Waals surface area contributed by atoms with Gasteiger partial charge in [-0.2, -0.15) is 5.26 Å². The first-order valence-corrected chi connectivity index (χ1v) is 7.50. The number of nitrogens with one attached hydrogen (secondary N) is 2. The van der Waals surface area contributed by atoms with E-state index in [4.69, 9.17) is 10.00 Å². The number of esters is 1. The largest absolute Gasteiger partial charge is 0.462 e. The normalized spacial score (nSPS) is 10.5. The fraction of sp³-hybridized carbons (Fsp3) is 0.294. The van der Waals surface area contributed by atoms with Crippen molar-refractivity contribution in [2.24, 2.45) is 0 Å². The van der Waals surface area contributed by atoms with Gasteiger partial charge in [0.1, 0.15) is 11.6 Å². The van der Waals surface area contributed by atoms with E-state index in [2.05, 4.69) is 10.6 Å². The van der Waals surface area contributed by atoms with E-state index >= 15 is 0 Å². The second-order valence-electron chi connectivity index (χ2n) is 4.74. The van der Waals surface area contributed by atoms with Crippen LogP contribution in [0.2, 0.25) is 0 Å². The summed E-state index contributed by atoms with van der Waals surface area (Å²) in [4.78, 5) is 34.7. The highest BCUT2D eigenvalue weighted by Gasteiger charge is 2.12. The van der Waals surface area contributed by atoms with Gasteiger partial charge in [-0.1, -0.05) is 6.92 Å². The van der Waals surface area contributed by atoms with Crippen LogP contribution in [0.5, 0.6) is 0 Å². The van der Waals surface area contributed by atoms with Gasteiger partial charge in [0.25, 0.3) is 5.91 Å². The number of nitriles is 1. The molecule has 1 aromatic rings. The third-order valence-corrected chi connectivity index (χ3v) is 2.87. The van der Waals surface area contributed by atoms with Crippen LogP contribution in [0.4, 0.5) is 5.69 Å². The summed E-state index contributed by atoms with van der Waals surface area (Å²) < 4.78 is 4.87. The van der Waals surface area contributed by atoms with Crippen molar-refractivity contribution in [1.29, 1.82) is 5.26 Å². The number of imide groups is 1. The molecule has 0 aliphatic carbocycles. The Balaban J connectivity index is 2.71. The number of nitrogens with zero attached hydrogens (tertiary/aromatic N) is 1. The van der Waals surface area contributed by atoms with Gasteiger partial charge in [0.15, 0.2) is 0 Å². The number of anilines is 1. The summed E-state index contributed by atoms with van der Waals surface area (Å²) in [6, 6.07) is 8.07. The first-order chi connectivity index (χ1) is 11.5. The van der Waals surface area contributed by atoms with Crippen LogP contribution in [0.1, 0.15) is 37.0 Å². The maximum absolute atomic E-state index is 11.8. The summed E-state index contributed by atoms with van der Waals surface area (Å²) in [6.45, 7) is 3.82. The van der Waals surface area contributed by atoms with E-state index in [0.717, 1.165) is 0 Å². The van der Waals surface area contributed by atoms with Gasteiger partial charge in [-0.05, 0) is 37.6 Å². The Morgan fingerprint density at radius 2 is 1.88 bits per heavy atom. The molecule has 0 saturated heterocycles. The van der Waals surface area contributed by atoms with E-state index in [1.165, 1.54) is 6.20 Å². The molecule has 1 rings (SSSR count). The number of amides is 2. The predicted octanol–water partition coefficient (Wildman–Crippen LogP) is 2.13. The fourth-order valence-corrected chi connectivity index (χ4v) is 1.70. The van der Waals surface area contributed by atoms with Crippen molar-refractivity contribution in [3.05, 3.63) is 41.6 Å². The van der Waals surface area contributed by atoms with Gasteiger partial charge >= 0.3 is 5.97 Å².